The van der Waals surface area contributed by atoms with Crippen molar-refractivity contribution >= 4 is 8.07 Å². The molecule has 0 bridgehead atoms. The van der Waals surface area contributed by atoms with E-state index in [4.69, 9.17) is 5.11 Å². The first-order chi connectivity index (χ1) is 5.95. The quantitative estimate of drug-likeness (QED) is 0.543. The van der Waals surface area contributed by atoms with E-state index in [0.717, 1.165) is 19.3 Å². The lowest BCUT2D eigenvalue weighted by Gasteiger charge is -2.20. The predicted octanol–water partition coefficient (Wildman–Crippen LogP) is 2.89. The van der Waals surface area contributed by atoms with E-state index in [1.54, 1.807) is 5.20 Å². The third kappa shape index (κ3) is 2.55. The van der Waals surface area contributed by atoms with E-state index in [0.29, 0.717) is 0 Å². The van der Waals surface area contributed by atoms with Gasteiger partial charge in [0.2, 0.25) is 0 Å². The molecule has 0 saturated heterocycles. The monoisotopic (exact) mass is 196 g/mol. The average Bonchev–Trinajstić information content (AvgIpc) is 2.30. The molecule has 1 N–H and O–H groups in total. The third-order valence-corrected chi connectivity index (χ3v) is 4.98. The van der Waals surface area contributed by atoms with Crippen LogP contribution in [0.4, 0.5) is 0 Å². The summed E-state index contributed by atoms with van der Waals surface area (Å²) in [7, 11) is -1.16. The van der Waals surface area contributed by atoms with E-state index >= 15 is 0 Å². The van der Waals surface area contributed by atoms with Crippen LogP contribution in [-0.4, -0.2) is 19.8 Å². The Kier molecular flexibility index (Phi) is 3.14. The molecule has 13 heavy (non-hydrogen) atoms. The maximum Gasteiger partial charge on any atom is 0.0728 e. The number of hydrogen-bond acceptors (Lipinski definition) is 1. The second-order valence-electron chi connectivity index (χ2n) is 4.91. The Morgan fingerprint density at radius 1 is 1.31 bits per heavy atom. The maximum absolute atomic E-state index is 8.95. The lowest BCUT2D eigenvalue weighted by atomic mass is 10.1. The van der Waals surface area contributed by atoms with Crippen molar-refractivity contribution in [1.82, 2.24) is 0 Å². The van der Waals surface area contributed by atoms with Gasteiger partial charge in [0.1, 0.15) is 0 Å². The summed E-state index contributed by atoms with van der Waals surface area (Å²) in [5.74, 6) is 0. The number of allylic oxidation sites excluding steroid dienone is 2. The molecule has 0 amide bonds. The summed E-state index contributed by atoms with van der Waals surface area (Å²) in [6, 6.07) is 0. The van der Waals surface area contributed by atoms with Gasteiger partial charge in [-0.1, -0.05) is 42.6 Å². The van der Waals surface area contributed by atoms with Gasteiger partial charge < -0.3 is 5.11 Å². The van der Waals surface area contributed by atoms with Gasteiger partial charge in [-0.05, 0) is 19.3 Å². The summed E-state index contributed by atoms with van der Waals surface area (Å²) >= 11 is 0. The molecule has 0 aromatic heterocycles. The molecule has 1 nitrogen and oxygen atoms in total. The number of rotatable bonds is 3. The Morgan fingerprint density at radius 3 is 2.38 bits per heavy atom. The molecular formula is C11H20OSi. The molecule has 0 aromatic carbocycles. The fourth-order valence-corrected chi connectivity index (χ4v) is 4.07. The van der Waals surface area contributed by atoms with Crippen molar-refractivity contribution in [3.05, 3.63) is 22.9 Å². The lowest BCUT2D eigenvalue weighted by molar-refractivity contribution is 0.298. The van der Waals surface area contributed by atoms with Crippen LogP contribution in [0.25, 0.3) is 0 Å². The zero-order chi connectivity index (χ0) is 10.1. The lowest BCUT2D eigenvalue weighted by Crippen LogP contribution is -2.24. The van der Waals surface area contributed by atoms with Crippen molar-refractivity contribution in [1.29, 1.82) is 0 Å². The minimum atomic E-state index is -1.16. The molecule has 0 radical (unpaired) electrons. The second kappa shape index (κ2) is 3.80. The predicted molar refractivity (Wildman–Crippen MR) is 60.4 cm³/mol. The Morgan fingerprint density at radius 2 is 1.92 bits per heavy atom. The normalized spacial score (nSPS) is 18.6. The standard InChI is InChI=1S/C11H20OSi/c1-9-7-10(5-6-12)11(8-9)13(2,3)4/h12H,1,5-8H2,2-4H3. The molecule has 2 heteroatoms. The molecule has 1 rings (SSSR count). The number of hydrogen-bond donors (Lipinski definition) is 1. The molecule has 0 aliphatic heterocycles. The van der Waals surface area contributed by atoms with Crippen LogP contribution in [0.1, 0.15) is 19.3 Å². The smallest absolute Gasteiger partial charge is 0.0728 e. The first-order valence-electron chi connectivity index (χ1n) is 4.94. The molecule has 0 aromatic rings. The minimum absolute atomic E-state index is 0.288. The van der Waals surface area contributed by atoms with Crippen molar-refractivity contribution < 1.29 is 5.11 Å². The van der Waals surface area contributed by atoms with Gasteiger partial charge in [-0.3, -0.25) is 0 Å². The zero-order valence-corrected chi connectivity index (χ0v) is 9.98. The van der Waals surface area contributed by atoms with E-state index in [2.05, 4.69) is 26.2 Å². The van der Waals surface area contributed by atoms with Gasteiger partial charge in [0, 0.05) is 6.61 Å². The average molecular weight is 196 g/mol. The topological polar surface area (TPSA) is 20.2 Å². The van der Waals surface area contributed by atoms with Gasteiger partial charge in [0.05, 0.1) is 8.07 Å². The van der Waals surface area contributed by atoms with Crippen molar-refractivity contribution in [2.75, 3.05) is 6.61 Å². The fraction of sp³-hybridized carbons (Fsp3) is 0.636. The highest BCUT2D eigenvalue weighted by Crippen LogP contribution is 2.36. The van der Waals surface area contributed by atoms with Gasteiger partial charge in [0.25, 0.3) is 0 Å². The van der Waals surface area contributed by atoms with Crippen LogP contribution < -0.4 is 0 Å². The molecular weight excluding hydrogens is 176 g/mol. The summed E-state index contributed by atoms with van der Waals surface area (Å²) in [5.41, 5.74) is 2.81. The summed E-state index contributed by atoms with van der Waals surface area (Å²) < 4.78 is 0. The molecule has 0 heterocycles. The van der Waals surface area contributed by atoms with Gasteiger partial charge >= 0.3 is 0 Å². The van der Waals surface area contributed by atoms with Crippen LogP contribution in [0.15, 0.2) is 22.9 Å². The summed E-state index contributed by atoms with van der Waals surface area (Å²) in [5, 5.41) is 10.6. The van der Waals surface area contributed by atoms with Crippen LogP contribution in [0.5, 0.6) is 0 Å². The van der Waals surface area contributed by atoms with E-state index in [1.165, 1.54) is 11.1 Å². The first-order valence-corrected chi connectivity index (χ1v) is 8.44. The van der Waals surface area contributed by atoms with Crippen molar-refractivity contribution in [3.8, 4) is 0 Å². The van der Waals surface area contributed by atoms with Crippen LogP contribution in [0, 0.1) is 0 Å². The second-order valence-corrected chi connectivity index (χ2v) is 10.0. The largest absolute Gasteiger partial charge is 0.396 e. The Balaban J connectivity index is 2.87. The van der Waals surface area contributed by atoms with Crippen LogP contribution >= 0.6 is 0 Å². The van der Waals surface area contributed by atoms with Crippen LogP contribution in [0.3, 0.4) is 0 Å². The molecule has 1 aliphatic rings. The highest BCUT2D eigenvalue weighted by molar-refractivity contribution is 6.83. The van der Waals surface area contributed by atoms with Crippen LogP contribution in [0.2, 0.25) is 19.6 Å². The molecule has 0 saturated carbocycles. The molecule has 0 spiro atoms. The fourth-order valence-electron chi connectivity index (χ4n) is 2.02. The third-order valence-electron chi connectivity index (χ3n) is 2.64. The van der Waals surface area contributed by atoms with E-state index in [9.17, 15) is 0 Å². The zero-order valence-electron chi connectivity index (χ0n) is 8.98. The Bertz CT molecular complexity index is 245. The number of aliphatic hydroxyl groups is 1. The highest BCUT2D eigenvalue weighted by Gasteiger charge is 2.27. The SMILES string of the molecule is C=C1CC(CCO)=C([Si](C)(C)C)C1. The maximum atomic E-state index is 8.95. The number of aliphatic hydroxyl groups excluding tert-OH is 1. The van der Waals surface area contributed by atoms with Crippen molar-refractivity contribution in [2.45, 2.75) is 38.9 Å². The van der Waals surface area contributed by atoms with Crippen LogP contribution in [-0.2, 0) is 0 Å². The first kappa shape index (κ1) is 10.7. The molecule has 0 atom stereocenters. The highest BCUT2D eigenvalue weighted by atomic mass is 28.3. The Hall–Kier alpha value is -0.343. The van der Waals surface area contributed by atoms with E-state index in [-0.39, 0.29) is 6.61 Å². The Labute approximate surface area is 82.2 Å². The van der Waals surface area contributed by atoms with Gasteiger partial charge in [-0.2, -0.15) is 0 Å². The van der Waals surface area contributed by atoms with Gasteiger partial charge in [-0.15, -0.1) is 0 Å². The molecule has 0 fully saturated rings. The summed E-state index contributed by atoms with van der Waals surface area (Å²) in [6.07, 6.45) is 3.00. The summed E-state index contributed by atoms with van der Waals surface area (Å²) in [6.45, 7) is 11.5. The van der Waals surface area contributed by atoms with E-state index < -0.39 is 8.07 Å². The van der Waals surface area contributed by atoms with Crippen molar-refractivity contribution in [3.63, 3.8) is 0 Å². The van der Waals surface area contributed by atoms with Gasteiger partial charge in [0.15, 0.2) is 0 Å². The molecule has 74 valence electrons. The van der Waals surface area contributed by atoms with Crippen molar-refractivity contribution in [2.24, 2.45) is 0 Å². The summed E-state index contributed by atoms with van der Waals surface area (Å²) in [4.78, 5) is 0. The molecule has 0 unspecified atom stereocenters. The van der Waals surface area contributed by atoms with E-state index in [1.807, 2.05) is 0 Å². The molecule has 1 aliphatic carbocycles. The minimum Gasteiger partial charge on any atom is -0.396 e. The van der Waals surface area contributed by atoms with Gasteiger partial charge in [-0.25, -0.2) is 0 Å².